The van der Waals surface area contributed by atoms with Crippen LogP contribution in [0, 0.1) is 0 Å². The first kappa shape index (κ1) is 14.3. The Morgan fingerprint density at radius 1 is 1.30 bits per heavy atom. The number of amides is 3. The summed E-state index contributed by atoms with van der Waals surface area (Å²) in [6.07, 6.45) is 0. The number of likely N-dealkylation sites (N-methyl/N-ethyl adjacent to an activating group) is 1. The number of nitrogens with two attached hydrogens (primary N) is 1. The van der Waals surface area contributed by atoms with Gasteiger partial charge in [0.15, 0.2) is 0 Å². The fourth-order valence-electron chi connectivity index (χ4n) is 2.44. The van der Waals surface area contributed by atoms with Gasteiger partial charge in [-0.1, -0.05) is 18.2 Å². The van der Waals surface area contributed by atoms with Crippen molar-refractivity contribution in [1.82, 2.24) is 10.2 Å². The number of imide groups is 1. The molecule has 108 valence electrons. The lowest BCUT2D eigenvalue weighted by Crippen LogP contribution is -2.49. The molecule has 1 aliphatic heterocycles. The SMILES string of the molecule is C[C@@H](C(=O)NC(N)=O)N1CCN(C)c2ccccc2C1. The van der Waals surface area contributed by atoms with Gasteiger partial charge < -0.3 is 10.6 Å². The Kier molecular flexibility index (Phi) is 4.24. The van der Waals surface area contributed by atoms with Gasteiger partial charge in [0.05, 0.1) is 6.04 Å². The van der Waals surface area contributed by atoms with E-state index in [9.17, 15) is 9.59 Å². The Hall–Kier alpha value is -2.08. The van der Waals surface area contributed by atoms with E-state index >= 15 is 0 Å². The summed E-state index contributed by atoms with van der Waals surface area (Å²) in [5, 5.41) is 2.14. The molecule has 0 radical (unpaired) electrons. The van der Waals surface area contributed by atoms with Gasteiger partial charge in [-0.25, -0.2) is 4.79 Å². The number of urea groups is 1. The van der Waals surface area contributed by atoms with Crippen molar-refractivity contribution in [3.8, 4) is 0 Å². The zero-order valence-corrected chi connectivity index (χ0v) is 11.8. The van der Waals surface area contributed by atoms with Crippen LogP contribution < -0.4 is 16.0 Å². The van der Waals surface area contributed by atoms with Gasteiger partial charge in [0, 0.05) is 32.4 Å². The first-order valence-electron chi connectivity index (χ1n) is 6.62. The van der Waals surface area contributed by atoms with Gasteiger partial charge in [-0.3, -0.25) is 15.0 Å². The van der Waals surface area contributed by atoms with Crippen molar-refractivity contribution in [3.63, 3.8) is 0 Å². The van der Waals surface area contributed by atoms with Gasteiger partial charge in [-0.05, 0) is 18.6 Å². The monoisotopic (exact) mass is 276 g/mol. The summed E-state index contributed by atoms with van der Waals surface area (Å²) in [4.78, 5) is 26.9. The molecule has 0 spiro atoms. The number of rotatable bonds is 2. The summed E-state index contributed by atoms with van der Waals surface area (Å²) in [6, 6.07) is 6.92. The highest BCUT2D eigenvalue weighted by molar-refractivity contribution is 5.96. The topological polar surface area (TPSA) is 78.7 Å². The van der Waals surface area contributed by atoms with Crippen LogP contribution in [0.25, 0.3) is 0 Å². The highest BCUT2D eigenvalue weighted by Crippen LogP contribution is 2.24. The molecule has 0 fully saturated rings. The van der Waals surface area contributed by atoms with E-state index in [1.165, 1.54) is 11.3 Å². The molecule has 1 aliphatic rings. The van der Waals surface area contributed by atoms with Crippen LogP contribution in [0.15, 0.2) is 24.3 Å². The number of carbonyl (C=O) groups is 2. The molecule has 2 rings (SSSR count). The Balaban J connectivity index is 2.15. The van der Waals surface area contributed by atoms with Crippen LogP contribution in [0.2, 0.25) is 0 Å². The lowest BCUT2D eigenvalue weighted by Gasteiger charge is -2.26. The van der Waals surface area contributed by atoms with Crippen LogP contribution in [0.1, 0.15) is 12.5 Å². The van der Waals surface area contributed by atoms with E-state index in [4.69, 9.17) is 5.73 Å². The highest BCUT2D eigenvalue weighted by atomic mass is 16.2. The Labute approximate surface area is 118 Å². The number of hydrogen-bond donors (Lipinski definition) is 2. The number of carbonyl (C=O) groups excluding carboxylic acids is 2. The second-order valence-electron chi connectivity index (χ2n) is 5.05. The van der Waals surface area contributed by atoms with Gasteiger partial charge in [-0.2, -0.15) is 0 Å². The van der Waals surface area contributed by atoms with Gasteiger partial charge >= 0.3 is 6.03 Å². The summed E-state index contributed by atoms with van der Waals surface area (Å²) in [5.41, 5.74) is 7.34. The molecule has 0 saturated heterocycles. The van der Waals surface area contributed by atoms with Gasteiger partial charge in [0.2, 0.25) is 5.91 Å². The van der Waals surface area contributed by atoms with Crippen LogP contribution in [0.3, 0.4) is 0 Å². The van der Waals surface area contributed by atoms with Crippen molar-refractivity contribution in [3.05, 3.63) is 29.8 Å². The van der Waals surface area contributed by atoms with Crippen LogP contribution in [0.4, 0.5) is 10.5 Å². The predicted molar refractivity (Wildman–Crippen MR) is 77.3 cm³/mol. The van der Waals surface area contributed by atoms with Crippen molar-refractivity contribution in [1.29, 1.82) is 0 Å². The molecule has 1 aromatic carbocycles. The Morgan fingerprint density at radius 2 is 2.00 bits per heavy atom. The third kappa shape index (κ3) is 3.08. The number of para-hydroxylation sites is 1. The minimum atomic E-state index is -0.811. The maximum atomic E-state index is 11.9. The molecule has 0 aromatic heterocycles. The Morgan fingerprint density at radius 3 is 2.70 bits per heavy atom. The minimum Gasteiger partial charge on any atom is -0.373 e. The number of fused-ring (bicyclic) bond motifs is 1. The van der Waals surface area contributed by atoms with Crippen molar-refractivity contribution < 1.29 is 9.59 Å². The molecule has 0 unspecified atom stereocenters. The molecular weight excluding hydrogens is 256 g/mol. The lowest BCUT2D eigenvalue weighted by molar-refractivity contribution is -0.124. The van der Waals surface area contributed by atoms with Crippen molar-refractivity contribution >= 4 is 17.6 Å². The van der Waals surface area contributed by atoms with Crippen molar-refractivity contribution in [2.75, 3.05) is 25.0 Å². The zero-order valence-electron chi connectivity index (χ0n) is 11.8. The van der Waals surface area contributed by atoms with E-state index in [-0.39, 0.29) is 5.91 Å². The largest absolute Gasteiger partial charge is 0.373 e. The standard InChI is InChI=1S/C14H20N4O2/c1-10(13(19)16-14(15)20)18-8-7-17(2)12-6-4-3-5-11(12)9-18/h3-6,10H,7-9H2,1-2H3,(H3,15,16,19,20)/t10-/m0/s1. The summed E-state index contributed by atoms with van der Waals surface area (Å²) < 4.78 is 0. The molecule has 6 nitrogen and oxygen atoms in total. The lowest BCUT2D eigenvalue weighted by atomic mass is 10.1. The average molecular weight is 276 g/mol. The normalized spacial score (nSPS) is 17.0. The summed E-state index contributed by atoms with van der Waals surface area (Å²) >= 11 is 0. The van der Waals surface area contributed by atoms with E-state index in [0.717, 1.165) is 13.1 Å². The Bertz CT molecular complexity index is 518. The summed E-state index contributed by atoms with van der Waals surface area (Å²) in [7, 11) is 2.04. The third-order valence-electron chi connectivity index (χ3n) is 3.67. The highest BCUT2D eigenvalue weighted by Gasteiger charge is 2.25. The van der Waals surface area contributed by atoms with Crippen LogP contribution in [0.5, 0.6) is 0 Å². The van der Waals surface area contributed by atoms with E-state index in [1.807, 2.05) is 24.1 Å². The fraction of sp³-hybridized carbons (Fsp3) is 0.429. The van der Waals surface area contributed by atoms with E-state index < -0.39 is 12.1 Å². The van der Waals surface area contributed by atoms with Gasteiger partial charge in [0.1, 0.15) is 0 Å². The second-order valence-corrected chi connectivity index (χ2v) is 5.05. The number of primary amides is 1. The minimum absolute atomic E-state index is 0.362. The number of benzene rings is 1. The summed E-state index contributed by atoms with van der Waals surface area (Å²) in [5.74, 6) is -0.362. The molecule has 3 amide bonds. The number of nitrogens with one attached hydrogen (secondary N) is 1. The molecule has 3 N–H and O–H groups in total. The molecule has 20 heavy (non-hydrogen) atoms. The predicted octanol–water partition coefficient (Wildman–Crippen LogP) is 0.522. The second kappa shape index (κ2) is 5.92. The van der Waals surface area contributed by atoms with E-state index in [2.05, 4.69) is 22.3 Å². The molecule has 0 saturated carbocycles. The maximum Gasteiger partial charge on any atom is 0.318 e. The summed E-state index contributed by atoms with van der Waals surface area (Å²) in [6.45, 7) is 4.03. The molecule has 0 aliphatic carbocycles. The van der Waals surface area contributed by atoms with Crippen LogP contribution in [-0.2, 0) is 11.3 Å². The quantitative estimate of drug-likeness (QED) is 0.825. The van der Waals surface area contributed by atoms with Gasteiger partial charge in [-0.15, -0.1) is 0 Å². The molecule has 6 heteroatoms. The maximum absolute atomic E-state index is 11.9. The molecule has 1 aromatic rings. The van der Waals surface area contributed by atoms with Gasteiger partial charge in [0.25, 0.3) is 0 Å². The molecular formula is C14H20N4O2. The fourth-order valence-corrected chi connectivity index (χ4v) is 2.44. The van der Waals surface area contributed by atoms with Crippen LogP contribution in [-0.4, -0.2) is 43.0 Å². The van der Waals surface area contributed by atoms with Crippen molar-refractivity contribution in [2.45, 2.75) is 19.5 Å². The first-order valence-corrected chi connectivity index (χ1v) is 6.62. The molecule has 0 bridgehead atoms. The molecule has 1 atom stereocenters. The molecule has 1 heterocycles. The van der Waals surface area contributed by atoms with Crippen molar-refractivity contribution in [2.24, 2.45) is 5.73 Å². The van der Waals surface area contributed by atoms with E-state index in [0.29, 0.717) is 6.54 Å². The number of hydrogen-bond acceptors (Lipinski definition) is 4. The van der Waals surface area contributed by atoms with Crippen LogP contribution >= 0.6 is 0 Å². The van der Waals surface area contributed by atoms with E-state index in [1.54, 1.807) is 6.92 Å². The number of anilines is 1. The zero-order chi connectivity index (χ0) is 14.7. The average Bonchev–Trinajstić information content (AvgIpc) is 2.57. The third-order valence-corrected chi connectivity index (χ3v) is 3.67. The first-order chi connectivity index (χ1) is 9.49. The number of nitrogens with zero attached hydrogens (tertiary/aromatic N) is 2. The smallest absolute Gasteiger partial charge is 0.318 e.